The van der Waals surface area contributed by atoms with Crippen molar-refractivity contribution in [1.29, 1.82) is 0 Å². The molecule has 0 amide bonds. The third-order valence-corrected chi connectivity index (χ3v) is 3.39. The Morgan fingerprint density at radius 2 is 1.67 bits per heavy atom. The average molecular weight is 299 g/mol. The Balaban J connectivity index is 2.26. The Morgan fingerprint density at radius 1 is 0.944 bits per heavy atom. The first-order valence-corrected chi connectivity index (χ1v) is 6.29. The summed E-state index contributed by atoms with van der Waals surface area (Å²) in [5, 5.41) is 1.59. The first kappa shape index (κ1) is 11.8. The lowest BCUT2D eigenvalue weighted by molar-refractivity contribution is 0.620. The maximum absolute atomic E-state index is 6.11. The van der Waals surface area contributed by atoms with Gasteiger partial charge in [0.2, 0.25) is 5.89 Å². The number of rotatable bonds is 1. The van der Waals surface area contributed by atoms with Gasteiger partial charge in [0, 0.05) is 11.1 Å². The van der Waals surface area contributed by atoms with Crippen molar-refractivity contribution in [2.45, 2.75) is 0 Å². The molecule has 90 valence electrons. The number of hydrogen-bond donors (Lipinski definition) is 0. The van der Waals surface area contributed by atoms with E-state index in [9.17, 15) is 0 Å². The summed E-state index contributed by atoms with van der Waals surface area (Å²) in [7, 11) is 0. The van der Waals surface area contributed by atoms with Gasteiger partial charge in [0.05, 0.1) is 15.6 Å². The molecule has 0 aliphatic heterocycles. The Labute approximate surface area is 118 Å². The number of halogens is 3. The maximum Gasteiger partial charge on any atom is 0.230 e. The monoisotopic (exact) mass is 297 g/mol. The minimum atomic E-state index is 0.392. The predicted molar refractivity (Wildman–Crippen MR) is 74.5 cm³/mol. The van der Waals surface area contributed by atoms with E-state index in [4.69, 9.17) is 39.2 Å². The summed E-state index contributed by atoms with van der Waals surface area (Å²) in [5.74, 6) is 0.392. The van der Waals surface area contributed by atoms with E-state index in [2.05, 4.69) is 4.98 Å². The van der Waals surface area contributed by atoms with Gasteiger partial charge in [-0.25, -0.2) is 4.98 Å². The number of fused-ring (bicyclic) bond motifs is 1. The van der Waals surface area contributed by atoms with E-state index in [1.54, 1.807) is 36.4 Å². The van der Waals surface area contributed by atoms with E-state index < -0.39 is 0 Å². The fraction of sp³-hybridized carbons (Fsp3) is 0. The quantitative estimate of drug-likeness (QED) is 0.596. The lowest BCUT2D eigenvalue weighted by Gasteiger charge is -2.01. The molecule has 0 aliphatic rings. The van der Waals surface area contributed by atoms with Crippen LogP contribution < -0.4 is 0 Å². The molecule has 0 radical (unpaired) electrons. The molecule has 3 rings (SSSR count). The molecule has 2 aromatic carbocycles. The van der Waals surface area contributed by atoms with Crippen LogP contribution in [-0.2, 0) is 0 Å². The molecule has 0 atom stereocenters. The third-order valence-electron chi connectivity index (χ3n) is 2.53. The van der Waals surface area contributed by atoms with Gasteiger partial charge in [-0.2, -0.15) is 0 Å². The summed E-state index contributed by atoms with van der Waals surface area (Å²) in [4.78, 5) is 4.35. The van der Waals surface area contributed by atoms with Gasteiger partial charge in [-0.3, -0.25) is 0 Å². The highest BCUT2D eigenvalue weighted by molar-refractivity contribution is 6.39. The smallest absolute Gasteiger partial charge is 0.230 e. The molecule has 0 spiro atoms. The summed E-state index contributed by atoms with van der Waals surface area (Å²) < 4.78 is 5.63. The second kappa shape index (κ2) is 4.47. The first-order valence-electron chi connectivity index (χ1n) is 5.15. The minimum Gasteiger partial charge on any atom is -0.436 e. The maximum atomic E-state index is 6.11. The molecular formula is C13H6Cl3NO. The van der Waals surface area contributed by atoms with E-state index in [1.807, 2.05) is 0 Å². The van der Waals surface area contributed by atoms with Crippen LogP contribution in [0.3, 0.4) is 0 Å². The van der Waals surface area contributed by atoms with Gasteiger partial charge in [0.25, 0.3) is 0 Å². The SMILES string of the molecule is Clc1ccc2nc(-c3c(Cl)cccc3Cl)oc2c1. The van der Waals surface area contributed by atoms with E-state index in [0.29, 0.717) is 37.6 Å². The summed E-state index contributed by atoms with van der Waals surface area (Å²) in [5.41, 5.74) is 1.91. The minimum absolute atomic E-state index is 0.392. The van der Waals surface area contributed by atoms with Crippen molar-refractivity contribution >= 4 is 45.9 Å². The van der Waals surface area contributed by atoms with Crippen molar-refractivity contribution in [1.82, 2.24) is 4.98 Å². The topological polar surface area (TPSA) is 26.0 Å². The molecule has 1 heterocycles. The summed E-state index contributed by atoms with van der Waals surface area (Å²) >= 11 is 18.1. The van der Waals surface area contributed by atoms with Crippen molar-refractivity contribution in [3.63, 3.8) is 0 Å². The average Bonchev–Trinajstić information content (AvgIpc) is 2.71. The Morgan fingerprint density at radius 3 is 2.39 bits per heavy atom. The Bertz CT molecular complexity index is 716. The molecule has 0 aliphatic carbocycles. The molecule has 5 heteroatoms. The lowest BCUT2D eigenvalue weighted by atomic mass is 10.2. The van der Waals surface area contributed by atoms with Gasteiger partial charge in [0.15, 0.2) is 5.58 Å². The predicted octanol–water partition coefficient (Wildman–Crippen LogP) is 5.46. The van der Waals surface area contributed by atoms with Crippen molar-refractivity contribution in [3.8, 4) is 11.5 Å². The summed E-state index contributed by atoms with van der Waals surface area (Å²) in [6.07, 6.45) is 0. The van der Waals surface area contributed by atoms with E-state index in [0.717, 1.165) is 0 Å². The van der Waals surface area contributed by atoms with Crippen LogP contribution >= 0.6 is 34.8 Å². The summed E-state index contributed by atoms with van der Waals surface area (Å²) in [6, 6.07) is 10.5. The van der Waals surface area contributed by atoms with Crippen LogP contribution in [0.1, 0.15) is 0 Å². The van der Waals surface area contributed by atoms with Crippen molar-refractivity contribution in [2.75, 3.05) is 0 Å². The number of oxazole rings is 1. The van der Waals surface area contributed by atoms with Gasteiger partial charge in [0.1, 0.15) is 5.52 Å². The van der Waals surface area contributed by atoms with Gasteiger partial charge in [-0.1, -0.05) is 40.9 Å². The van der Waals surface area contributed by atoms with Crippen LogP contribution in [0.4, 0.5) is 0 Å². The van der Waals surface area contributed by atoms with Gasteiger partial charge in [-0.15, -0.1) is 0 Å². The van der Waals surface area contributed by atoms with Gasteiger partial charge >= 0.3 is 0 Å². The van der Waals surface area contributed by atoms with E-state index in [-0.39, 0.29) is 0 Å². The molecule has 2 nitrogen and oxygen atoms in total. The molecule has 0 saturated heterocycles. The highest BCUT2D eigenvalue weighted by Gasteiger charge is 2.15. The normalized spacial score (nSPS) is 11.1. The number of aromatic nitrogens is 1. The highest BCUT2D eigenvalue weighted by Crippen LogP contribution is 2.35. The van der Waals surface area contributed by atoms with E-state index >= 15 is 0 Å². The fourth-order valence-electron chi connectivity index (χ4n) is 1.71. The zero-order valence-electron chi connectivity index (χ0n) is 8.95. The van der Waals surface area contributed by atoms with Crippen LogP contribution in [0.5, 0.6) is 0 Å². The molecule has 18 heavy (non-hydrogen) atoms. The molecule has 0 bridgehead atoms. The molecular weight excluding hydrogens is 293 g/mol. The number of hydrogen-bond acceptors (Lipinski definition) is 2. The molecule has 1 aromatic heterocycles. The van der Waals surface area contributed by atoms with Crippen LogP contribution in [-0.4, -0.2) is 4.98 Å². The first-order chi connectivity index (χ1) is 8.65. The van der Waals surface area contributed by atoms with Gasteiger partial charge in [-0.05, 0) is 24.3 Å². The number of benzene rings is 2. The van der Waals surface area contributed by atoms with Crippen molar-refractivity contribution < 1.29 is 4.42 Å². The zero-order chi connectivity index (χ0) is 12.7. The molecule has 3 aromatic rings. The third kappa shape index (κ3) is 1.97. The molecule has 0 N–H and O–H groups in total. The van der Waals surface area contributed by atoms with Crippen LogP contribution in [0.2, 0.25) is 15.1 Å². The van der Waals surface area contributed by atoms with Crippen LogP contribution in [0.25, 0.3) is 22.6 Å². The van der Waals surface area contributed by atoms with E-state index in [1.165, 1.54) is 0 Å². The van der Waals surface area contributed by atoms with Crippen molar-refractivity contribution in [3.05, 3.63) is 51.5 Å². The van der Waals surface area contributed by atoms with Crippen LogP contribution in [0.15, 0.2) is 40.8 Å². The molecule has 0 saturated carbocycles. The second-order valence-corrected chi connectivity index (χ2v) is 4.98. The zero-order valence-corrected chi connectivity index (χ0v) is 11.2. The van der Waals surface area contributed by atoms with Gasteiger partial charge < -0.3 is 4.42 Å². The van der Waals surface area contributed by atoms with Crippen molar-refractivity contribution in [2.24, 2.45) is 0 Å². The lowest BCUT2D eigenvalue weighted by Crippen LogP contribution is -1.80. The number of nitrogens with zero attached hydrogens (tertiary/aromatic N) is 1. The molecule has 0 unspecified atom stereocenters. The summed E-state index contributed by atoms with van der Waals surface area (Å²) in [6.45, 7) is 0. The highest BCUT2D eigenvalue weighted by atomic mass is 35.5. The van der Waals surface area contributed by atoms with Crippen LogP contribution in [0, 0.1) is 0 Å². The largest absolute Gasteiger partial charge is 0.436 e. The Hall–Kier alpha value is -1.22. The molecule has 0 fully saturated rings. The fourth-order valence-corrected chi connectivity index (χ4v) is 2.43. The second-order valence-electron chi connectivity index (χ2n) is 3.73. The standard InChI is InChI=1S/C13H6Cl3NO/c14-7-4-5-10-11(6-7)18-13(17-10)12-8(15)2-1-3-9(12)16/h1-6H. The Kier molecular flexibility index (Phi) is 2.94.